The van der Waals surface area contributed by atoms with Gasteiger partial charge in [0.05, 0.1) is 11.9 Å². The van der Waals surface area contributed by atoms with E-state index in [1.807, 2.05) is 0 Å². The standard InChI is InChI=1S/C9H16O4S/c1-4-13-8(10)9(2,3)14(11,12)7-5-6-7/h7H,4-6H2,1-3H3. The lowest BCUT2D eigenvalue weighted by molar-refractivity contribution is -0.145. The van der Waals surface area contributed by atoms with Crippen molar-refractivity contribution in [1.29, 1.82) is 0 Å². The fourth-order valence-corrected chi connectivity index (χ4v) is 3.10. The molecule has 14 heavy (non-hydrogen) atoms. The van der Waals surface area contributed by atoms with E-state index in [1.54, 1.807) is 6.92 Å². The Morgan fingerprint density at radius 2 is 1.93 bits per heavy atom. The number of rotatable bonds is 4. The summed E-state index contributed by atoms with van der Waals surface area (Å²) >= 11 is 0. The highest BCUT2D eigenvalue weighted by Gasteiger charge is 2.51. The molecule has 1 rings (SSSR count). The summed E-state index contributed by atoms with van der Waals surface area (Å²) in [5.74, 6) is -0.646. The normalized spacial score (nSPS) is 17.9. The van der Waals surface area contributed by atoms with Gasteiger partial charge >= 0.3 is 5.97 Å². The predicted molar refractivity (Wildman–Crippen MR) is 52.7 cm³/mol. The first-order chi connectivity index (χ1) is 6.34. The van der Waals surface area contributed by atoms with Crippen LogP contribution in [0.5, 0.6) is 0 Å². The fourth-order valence-electron chi connectivity index (χ4n) is 1.22. The topological polar surface area (TPSA) is 60.4 Å². The van der Waals surface area contributed by atoms with Crippen LogP contribution in [-0.2, 0) is 19.4 Å². The molecule has 5 heteroatoms. The summed E-state index contributed by atoms with van der Waals surface area (Å²) in [5, 5.41) is -0.332. The second kappa shape index (κ2) is 3.53. The van der Waals surface area contributed by atoms with E-state index in [-0.39, 0.29) is 11.9 Å². The third kappa shape index (κ3) is 1.78. The summed E-state index contributed by atoms with van der Waals surface area (Å²) < 4.78 is 27.0. The number of hydrogen-bond acceptors (Lipinski definition) is 4. The van der Waals surface area contributed by atoms with Crippen LogP contribution >= 0.6 is 0 Å². The molecule has 0 N–H and O–H groups in total. The van der Waals surface area contributed by atoms with Gasteiger partial charge < -0.3 is 4.74 Å². The van der Waals surface area contributed by atoms with E-state index in [2.05, 4.69) is 0 Å². The minimum Gasteiger partial charge on any atom is -0.465 e. The van der Waals surface area contributed by atoms with Gasteiger partial charge in [-0.1, -0.05) is 0 Å². The molecule has 0 bridgehead atoms. The van der Waals surface area contributed by atoms with Crippen molar-refractivity contribution in [2.75, 3.05) is 6.61 Å². The number of esters is 1. The van der Waals surface area contributed by atoms with E-state index < -0.39 is 20.6 Å². The molecule has 0 spiro atoms. The summed E-state index contributed by atoms with van der Waals surface area (Å²) in [6.07, 6.45) is 1.34. The molecule has 0 aromatic rings. The Morgan fingerprint density at radius 1 is 1.43 bits per heavy atom. The average molecular weight is 220 g/mol. The quantitative estimate of drug-likeness (QED) is 0.661. The molecule has 1 aliphatic carbocycles. The zero-order valence-electron chi connectivity index (χ0n) is 8.74. The predicted octanol–water partition coefficient (Wildman–Crippen LogP) is 0.905. The molecule has 82 valence electrons. The molecule has 1 fully saturated rings. The summed E-state index contributed by atoms with van der Waals surface area (Å²) in [6, 6.07) is 0. The summed E-state index contributed by atoms with van der Waals surface area (Å²) in [7, 11) is -3.36. The van der Waals surface area contributed by atoms with Crippen LogP contribution in [0.2, 0.25) is 0 Å². The Hall–Kier alpha value is -0.580. The molecule has 0 heterocycles. The van der Waals surface area contributed by atoms with Crippen LogP contribution in [0.4, 0.5) is 0 Å². The van der Waals surface area contributed by atoms with E-state index in [0.29, 0.717) is 12.8 Å². The van der Waals surface area contributed by atoms with Crippen LogP contribution in [0.3, 0.4) is 0 Å². The maximum atomic E-state index is 11.8. The first kappa shape index (κ1) is 11.5. The van der Waals surface area contributed by atoms with E-state index in [4.69, 9.17) is 4.74 Å². The number of carbonyl (C=O) groups is 1. The molecule has 0 saturated heterocycles. The van der Waals surface area contributed by atoms with Crippen molar-refractivity contribution in [2.24, 2.45) is 0 Å². The van der Waals surface area contributed by atoms with Crippen LogP contribution in [0.15, 0.2) is 0 Å². The molecular formula is C9H16O4S. The van der Waals surface area contributed by atoms with Gasteiger partial charge in [0.15, 0.2) is 14.6 Å². The van der Waals surface area contributed by atoms with Crippen LogP contribution in [0, 0.1) is 0 Å². The maximum Gasteiger partial charge on any atom is 0.326 e. The van der Waals surface area contributed by atoms with Gasteiger partial charge in [-0.3, -0.25) is 4.79 Å². The number of ether oxygens (including phenoxy) is 1. The van der Waals surface area contributed by atoms with Crippen LogP contribution in [0.1, 0.15) is 33.6 Å². The second-order valence-electron chi connectivity index (χ2n) is 3.98. The van der Waals surface area contributed by atoms with Crippen molar-refractivity contribution in [2.45, 2.75) is 43.6 Å². The smallest absolute Gasteiger partial charge is 0.326 e. The highest BCUT2D eigenvalue weighted by atomic mass is 32.2. The number of sulfone groups is 1. The summed E-state index contributed by atoms with van der Waals surface area (Å²) in [4.78, 5) is 11.4. The lowest BCUT2D eigenvalue weighted by Gasteiger charge is -2.22. The van der Waals surface area contributed by atoms with Gasteiger partial charge in [0.2, 0.25) is 0 Å². The van der Waals surface area contributed by atoms with Crippen LogP contribution in [0.25, 0.3) is 0 Å². The van der Waals surface area contributed by atoms with Gasteiger partial charge in [0, 0.05) is 0 Å². The maximum absolute atomic E-state index is 11.8. The fraction of sp³-hybridized carbons (Fsp3) is 0.889. The number of hydrogen-bond donors (Lipinski definition) is 0. The van der Waals surface area contributed by atoms with E-state index in [9.17, 15) is 13.2 Å². The molecule has 0 amide bonds. The lowest BCUT2D eigenvalue weighted by atomic mass is 10.2. The van der Waals surface area contributed by atoms with Crippen LogP contribution in [-0.4, -0.2) is 31.0 Å². The second-order valence-corrected chi connectivity index (χ2v) is 6.75. The van der Waals surface area contributed by atoms with Crippen molar-refractivity contribution >= 4 is 15.8 Å². The third-order valence-electron chi connectivity index (χ3n) is 2.44. The summed E-state index contributed by atoms with van der Waals surface area (Å²) in [6.45, 7) is 4.71. The van der Waals surface area contributed by atoms with Crippen molar-refractivity contribution in [3.8, 4) is 0 Å². The molecule has 0 aliphatic heterocycles. The first-order valence-corrected chi connectivity index (χ1v) is 6.29. The van der Waals surface area contributed by atoms with Gasteiger partial charge in [-0.25, -0.2) is 8.42 Å². The van der Waals surface area contributed by atoms with Gasteiger partial charge in [-0.15, -0.1) is 0 Å². The Kier molecular flexibility index (Phi) is 2.90. The molecule has 1 saturated carbocycles. The number of carbonyl (C=O) groups excluding carboxylic acids is 1. The SMILES string of the molecule is CCOC(=O)C(C)(C)S(=O)(=O)C1CC1. The van der Waals surface area contributed by atoms with Gasteiger partial charge in [-0.05, 0) is 33.6 Å². The Balaban J connectivity index is 2.88. The van der Waals surface area contributed by atoms with Crippen molar-refractivity contribution in [3.05, 3.63) is 0 Å². The summed E-state index contributed by atoms with van der Waals surface area (Å²) in [5.41, 5.74) is 0. The molecule has 1 aliphatic rings. The van der Waals surface area contributed by atoms with Crippen LogP contribution < -0.4 is 0 Å². The lowest BCUT2D eigenvalue weighted by Crippen LogP contribution is -2.43. The third-order valence-corrected chi connectivity index (χ3v) is 5.38. The molecular weight excluding hydrogens is 204 g/mol. The van der Waals surface area contributed by atoms with E-state index in [0.717, 1.165) is 0 Å². The van der Waals surface area contributed by atoms with Gasteiger partial charge in [0.25, 0.3) is 0 Å². The Labute approximate surface area is 84.6 Å². The minimum atomic E-state index is -3.36. The first-order valence-electron chi connectivity index (χ1n) is 4.74. The van der Waals surface area contributed by atoms with E-state index >= 15 is 0 Å². The molecule has 0 radical (unpaired) electrons. The van der Waals surface area contributed by atoms with Crippen molar-refractivity contribution < 1.29 is 17.9 Å². The van der Waals surface area contributed by atoms with Crippen molar-refractivity contribution in [1.82, 2.24) is 0 Å². The Bertz CT molecular complexity index is 325. The molecule has 0 aromatic carbocycles. The largest absolute Gasteiger partial charge is 0.465 e. The Morgan fingerprint density at radius 3 is 2.29 bits per heavy atom. The van der Waals surface area contributed by atoms with Gasteiger partial charge in [0.1, 0.15) is 0 Å². The highest BCUT2D eigenvalue weighted by Crippen LogP contribution is 2.36. The molecule has 0 aromatic heterocycles. The molecule has 0 unspecified atom stereocenters. The average Bonchev–Trinajstić information content (AvgIpc) is 2.86. The molecule has 0 atom stereocenters. The van der Waals surface area contributed by atoms with Gasteiger partial charge in [-0.2, -0.15) is 0 Å². The van der Waals surface area contributed by atoms with Crippen molar-refractivity contribution in [3.63, 3.8) is 0 Å². The highest BCUT2D eigenvalue weighted by molar-refractivity contribution is 7.94. The minimum absolute atomic E-state index is 0.211. The van der Waals surface area contributed by atoms with E-state index in [1.165, 1.54) is 13.8 Å². The zero-order valence-corrected chi connectivity index (χ0v) is 9.56. The molecule has 4 nitrogen and oxygen atoms in total. The monoisotopic (exact) mass is 220 g/mol. The zero-order chi connectivity index (χ0) is 11.0.